The highest BCUT2D eigenvalue weighted by molar-refractivity contribution is 7.98. The van der Waals surface area contributed by atoms with Crippen molar-refractivity contribution in [3.63, 3.8) is 0 Å². The summed E-state index contributed by atoms with van der Waals surface area (Å²) >= 11 is 1.63. The first-order chi connectivity index (χ1) is 10.1. The van der Waals surface area contributed by atoms with E-state index < -0.39 is 0 Å². The Morgan fingerprint density at radius 2 is 1.90 bits per heavy atom. The molecule has 2 aromatic rings. The molecule has 21 heavy (non-hydrogen) atoms. The number of rotatable bonds is 6. The van der Waals surface area contributed by atoms with E-state index in [9.17, 15) is 10.1 Å². The molecule has 0 heterocycles. The summed E-state index contributed by atoms with van der Waals surface area (Å²) in [6.07, 6.45) is 2.00. The largest absolute Gasteiger partial charge is 0.385 e. The maximum atomic E-state index is 11.0. The van der Waals surface area contributed by atoms with Gasteiger partial charge in [0.1, 0.15) is 0 Å². The Morgan fingerprint density at radius 3 is 2.57 bits per heavy atom. The first-order valence-corrected chi connectivity index (χ1v) is 7.80. The average Bonchev–Trinajstić information content (AvgIpc) is 2.48. The summed E-state index contributed by atoms with van der Waals surface area (Å²) in [5, 5.41) is 17.4. The van der Waals surface area contributed by atoms with E-state index in [4.69, 9.17) is 0 Å². The Labute approximate surface area is 127 Å². The summed E-state index contributed by atoms with van der Waals surface area (Å²) in [6.45, 7) is 2.66. The molecule has 0 spiro atoms. The van der Waals surface area contributed by atoms with Crippen molar-refractivity contribution in [2.24, 2.45) is 0 Å². The first kappa shape index (κ1) is 15.2. The Balaban J connectivity index is 2.36. The van der Waals surface area contributed by atoms with Crippen LogP contribution in [0.4, 0.5) is 22.7 Å². The zero-order valence-electron chi connectivity index (χ0n) is 11.9. The van der Waals surface area contributed by atoms with Crippen molar-refractivity contribution in [2.45, 2.75) is 11.8 Å². The maximum Gasteiger partial charge on any atom is 0.273 e. The molecule has 0 aliphatic rings. The van der Waals surface area contributed by atoms with Crippen LogP contribution in [-0.2, 0) is 0 Å². The van der Waals surface area contributed by atoms with Crippen molar-refractivity contribution in [3.8, 4) is 0 Å². The van der Waals surface area contributed by atoms with Crippen LogP contribution in [0.2, 0.25) is 0 Å². The molecule has 0 amide bonds. The van der Waals surface area contributed by atoms with Gasteiger partial charge in [-0.25, -0.2) is 0 Å². The van der Waals surface area contributed by atoms with Gasteiger partial charge in [0.25, 0.3) is 5.69 Å². The Hall–Kier alpha value is -2.21. The van der Waals surface area contributed by atoms with Crippen LogP contribution in [0.3, 0.4) is 0 Å². The van der Waals surface area contributed by atoms with Gasteiger partial charge in [-0.15, -0.1) is 11.8 Å². The fourth-order valence-electron chi connectivity index (χ4n) is 2.00. The van der Waals surface area contributed by atoms with Crippen LogP contribution in [0, 0.1) is 10.1 Å². The number of nitro benzene ring substituents is 1. The second-order valence-electron chi connectivity index (χ2n) is 4.38. The minimum atomic E-state index is -0.382. The molecule has 0 aliphatic heterocycles. The van der Waals surface area contributed by atoms with Gasteiger partial charge in [-0.2, -0.15) is 0 Å². The molecular formula is C15H17N3O2S. The molecule has 0 atom stereocenters. The topological polar surface area (TPSA) is 67.2 Å². The summed E-state index contributed by atoms with van der Waals surface area (Å²) in [6, 6.07) is 12.8. The highest BCUT2D eigenvalue weighted by atomic mass is 32.2. The molecule has 0 radical (unpaired) electrons. The smallest absolute Gasteiger partial charge is 0.273 e. The van der Waals surface area contributed by atoms with Gasteiger partial charge < -0.3 is 10.6 Å². The summed E-state index contributed by atoms with van der Waals surface area (Å²) < 4.78 is 0. The molecule has 5 nitrogen and oxygen atoms in total. The molecule has 0 aromatic heterocycles. The van der Waals surface area contributed by atoms with E-state index in [1.54, 1.807) is 11.8 Å². The Morgan fingerprint density at radius 1 is 1.19 bits per heavy atom. The number of thioether (sulfide) groups is 1. The van der Waals surface area contributed by atoms with Crippen LogP contribution >= 0.6 is 11.8 Å². The molecule has 2 aromatic carbocycles. The van der Waals surface area contributed by atoms with Gasteiger partial charge in [0, 0.05) is 34.9 Å². The number of benzene rings is 2. The van der Waals surface area contributed by atoms with E-state index in [1.807, 2.05) is 43.5 Å². The quantitative estimate of drug-likeness (QED) is 0.467. The van der Waals surface area contributed by atoms with Gasteiger partial charge in [-0.3, -0.25) is 10.1 Å². The molecule has 0 fully saturated rings. The minimum absolute atomic E-state index is 0.0672. The molecule has 2 rings (SSSR count). The van der Waals surface area contributed by atoms with E-state index in [2.05, 4.69) is 10.6 Å². The molecule has 6 heteroatoms. The van der Waals surface area contributed by atoms with E-state index in [1.165, 1.54) is 12.1 Å². The van der Waals surface area contributed by atoms with Crippen molar-refractivity contribution >= 4 is 34.5 Å². The molecule has 0 unspecified atom stereocenters. The predicted molar refractivity (Wildman–Crippen MR) is 88.8 cm³/mol. The number of hydrogen-bond donors (Lipinski definition) is 2. The van der Waals surface area contributed by atoms with Crippen LogP contribution in [0.15, 0.2) is 47.4 Å². The van der Waals surface area contributed by atoms with E-state index >= 15 is 0 Å². The second kappa shape index (κ2) is 6.99. The molecule has 0 bridgehead atoms. The highest BCUT2D eigenvalue weighted by Crippen LogP contribution is 2.31. The number of nitrogens with zero attached hydrogens (tertiary/aromatic N) is 1. The van der Waals surface area contributed by atoms with E-state index in [0.717, 1.165) is 16.3 Å². The van der Waals surface area contributed by atoms with Crippen molar-refractivity contribution in [2.75, 3.05) is 23.4 Å². The van der Waals surface area contributed by atoms with Gasteiger partial charge in [-0.1, -0.05) is 12.1 Å². The highest BCUT2D eigenvalue weighted by Gasteiger charge is 2.10. The summed E-state index contributed by atoms with van der Waals surface area (Å²) in [5.74, 6) is 0. The summed E-state index contributed by atoms with van der Waals surface area (Å²) in [4.78, 5) is 11.7. The molecule has 0 saturated heterocycles. The number of nitrogens with one attached hydrogen (secondary N) is 2. The lowest BCUT2D eigenvalue weighted by atomic mass is 10.2. The average molecular weight is 303 g/mol. The zero-order chi connectivity index (χ0) is 15.2. The Bertz CT molecular complexity index is 647. The number of non-ortho nitro benzene ring substituents is 1. The minimum Gasteiger partial charge on any atom is -0.385 e. The van der Waals surface area contributed by atoms with Crippen LogP contribution in [0.25, 0.3) is 0 Å². The molecular weight excluding hydrogens is 286 g/mol. The lowest BCUT2D eigenvalue weighted by Gasteiger charge is -2.12. The monoisotopic (exact) mass is 303 g/mol. The van der Waals surface area contributed by atoms with Crippen LogP contribution in [0.5, 0.6) is 0 Å². The van der Waals surface area contributed by atoms with Crippen LogP contribution in [-0.4, -0.2) is 17.7 Å². The Kier molecular flexibility index (Phi) is 5.05. The summed E-state index contributed by atoms with van der Waals surface area (Å²) in [7, 11) is 0. The van der Waals surface area contributed by atoms with Gasteiger partial charge >= 0.3 is 0 Å². The van der Waals surface area contributed by atoms with Gasteiger partial charge in [0.05, 0.1) is 10.6 Å². The first-order valence-electron chi connectivity index (χ1n) is 6.57. The number of nitro groups is 1. The molecule has 0 aliphatic carbocycles. The second-order valence-corrected chi connectivity index (χ2v) is 5.23. The fourth-order valence-corrected chi connectivity index (χ4v) is 2.55. The number of anilines is 3. The van der Waals surface area contributed by atoms with E-state index in [-0.39, 0.29) is 10.6 Å². The molecule has 0 saturated carbocycles. The third-order valence-corrected chi connectivity index (χ3v) is 3.69. The van der Waals surface area contributed by atoms with Gasteiger partial charge in [-0.05, 0) is 31.4 Å². The number of para-hydroxylation sites is 1. The molecule has 110 valence electrons. The third-order valence-electron chi connectivity index (χ3n) is 2.90. The van der Waals surface area contributed by atoms with Crippen molar-refractivity contribution in [3.05, 3.63) is 52.6 Å². The maximum absolute atomic E-state index is 11.0. The fraction of sp³-hybridized carbons (Fsp3) is 0.200. The van der Waals surface area contributed by atoms with Crippen molar-refractivity contribution in [1.29, 1.82) is 0 Å². The van der Waals surface area contributed by atoms with Gasteiger partial charge in [0.2, 0.25) is 0 Å². The summed E-state index contributed by atoms with van der Waals surface area (Å²) in [5.41, 5.74) is 2.43. The number of hydrogen-bond acceptors (Lipinski definition) is 5. The van der Waals surface area contributed by atoms with Crippen LogP contribution in [0.1, 0.15) is 6.92 Å². The van der Waals surface area contributed by atoms with Crippen molar-refractivity contribution < 1.29 is 4.92 Å². The standard InChI is InChI=1S/C15H17N3O2S/c1-3-16-11-8-12(10-13(9-11)18(19)20)17-14-6-4-5-7-15(14)21-2/h4-10,16-17H,3H2,1-2H3. The van der Waals surface area contributed by atoms with Gasteiger partial charge in [0.15, 0.2) is 0 Å². The normalized spacial score (nSPS) is 10.2. The lowest BCUT2D eigenvalue weighted by molar-refractivity contribution is -0.384. The molecule has 2 N–H and O–H groups in total. The van der Waals surface area contributed by atoms with Crippen molar-refractivity contribution in [1.82, 2.24) is 0 Å². The SMILES string of the molecule is CCNc1cc(Nc2ccccc2SC)cc([N+](=O)[O-])c1. The van der Waals surface area contributed by atoms with Crippen LogP contribution < -0.4 is 10.6 Å². The third kappa shape index (κ3) is 3.88. The van der Waals surface area contributed by atoms with E-state index in [0.29, 0.717) is 12.2 Å². The lowest BCUT2D eigenvalue weighted by Crippen LogP contribution is -2.00. The predicted octanol–water partition coefficient (Wildman–Crippen LogP) is 4.49. The zero-order valence-corrected chi connectivity index (χ0v) is 12.7.